The number of hydrogen-bond acceptors (Lipinski definition) is 5. The van der Waals surface area contributed by atoms with Crippen LogP contribution in [0.4, 0.5) is 0 Å². The van der Waals surface area contributed by atoms with Gasteiger partial charge in [-0.05, 0) is 13.0 Å². The molecule has 2 N–H and O–H groups in total. The van der Waals surface area contributed by atoms with E-state index in [1.807, 2.05) is 24.3 Å². The Labute approximate surface area is 115 Å². The second kappa shape index (κ2) is 4.43. The molecule has 2 aromatic heterocycles. The van der Waals surface area contributed by atoms with Crippen LogP contribution in [0.15, 0.2) is 40.1 Å². The lowest BCUT2D eigenvalue weighted by Gasteiger charge is -2.04. The van der Waals surface area contributed by atoms with Crippen LogP contribution in [0.1, 0.15) is 6.92 Å². The van der Waals surface area contributed by atoms with Crippen molar-refractivity contribution in [2.45, 2.75) is 18.6 Å². The summed E-state index contributed by atoms with van der Waals surface area (Å²) in [6.45, 7) is 2.18. The highest BCUT2D eigenvalue weighted by Crippen LogP contribution is 2.30. The highest BCUT2D eigenvalue weighted by molar-refractivity contribution is 7.89. The Kier molecular flexibility index (Phi) is 2.84. The zero-order chi connectivity index (χ0) is 14.3. The number of fused-ring (bicyclic) bond motifs is 1. The van der Waals surface area contributed by atoms with Crippen molar-refractivity contribution in [3.8, 4) is 11.4 Å². The van der Waals surface area contributed by atoms with Crippen molar-refractivity contribution in [1.29, 1.82) is 0 Å². The molecule has 0 aliphatic heterocycles. The van der Waals surface area contributed by atoms with Gasteiger partial charge in [0.25, 0.3) is 15.2 Å². The van der Waals surface area contributed by atoms with Crippen LogP contribution in [0, 0.1) is 0 Å². The lowest BCUT2D eigenvalue weighted by molar-refractivity contribution is 0.570. The molecule has 3 rings (SSSR count). The molecule has 0 radical (unpaired) electrons. The molecule has 0 atom stereocenters. The van der Waals surface area contributed by atoms with E-state index in [9.17, 15) is 8.42 Å². The second-order valence-corrected chi connectivity index (χ2v) is 5.70. The summed E-state index contributed by atoms with van der Waals surface area (Å²) >= 11 is 0. The van der Waals surface area contributed by atoms with Crippen LogP contribution in [-0.2, 0) is 16.6 Å². The molecule has 0 saturated carbocycles. The fourth-order valence-electron chi connectivity index (χ4n) is 2.13. The minimum atomic E-state index is -3.91. The van der Waals surface area contributed by atoms with Gasteiger partial charge in [0, 0.05) is 11.9 Å². The Morgan fingerprint density at radius 2 is 2.05 bits per heavy atom. The Balaban J connectivity index is 2.28. The second-order valence-electron chi connectivity index (χ2n) is 4.24. The van der Waals surface area contributed by atoms with E-state index in [4.69, 9.17) is 9.56 Å². The van der Waals surface area contributed by atoms with Crippen LogP contribution in [-0.4, -0.2) is 23.2 Å². The fourth-order valence-corrected chi connectivity index (χ4v) is 2.81. The van der Waals surface area contributed by atoms with Crippen LogP contribution in [0.3, 0.4) is 0 Å². The van der Waals surface area contributed by atoms with Gasteiger partial charge >= 0.3 is 0 Å². The first-order chi connectivity index (χ1) is 9.52. The third-order valence-corrected chi connectivity index (χ3v) is 3.82. The van der Waals surface area contributed by atoms with E-state index in [1.54, 1.807) is 6.92 Å². The van der Waals surface area contributed by atoms with Crippen molar-refractivity contribution in [1.82, 2.24) is 14.8 Å². The number of primary sulfonamides is 1. The van der Waals surface area contributed by atoms with Crippen molar-refractivity contribution in [2.75, 3.05) is 0 Å². The number of furan rings is 1. The molecule has 8 heteroatoms. The summed E-state index contributed by atoms with van der Waals surface area (Å²) < 4.78 is 29.9. The molecule has 0 aliphatic rings. The van der Waals surface area contributed by atoms with Crippen molar-refractivity contribution in [2.24, 2.45) is 5.14 Å². The summed E-state index contributed by atoms with van der Waals surface area (Å²) in [6.07, 6.45) is 1.54. The van der Waals surface area contributed by atoms with E-state index in [-0.39, 0.29) is 5.16 Å². The molecule has 0 bridgehead atoms. The maximum absolute atomic E-state index is 11.5. The first-order valence-corrected chi connectivity index (χ1v) is 7.49. The lowest BCUT2D eigenvalue weighted by Crippen LogP contribution is -2.18. The number of aromatic nitrogens is 3. The molecule has 2 heterocycles. The molecular formula is C12H12N4O3S. The molecule has 0 saturated heterocycles. The van der Waals surface area contributed by atoms with Crippen molar-refractivity contribution in [3.63, 3.8) is 0 Å². The van der Waals surface area contributed by atoms with Crippen LogP contribution in [0.25, 0.3) is 22.4 Å². The first kappa shape index (κ1) is 12.8. The highest BCUT2D eigenvalue weighted by Gasteiger charge is 2.22. The highest BCUT2D eigenvalue weighted by atomic mass is 32.2. The number of benzene rings is 1. The summed E-state index contributed by atoms with van der Waals surface area (Å²) in [5.74, 6) is 0.418. The number of para-hydroxylation sites is 1. The van der Waals surface area contributed by atoms with Gasteiger partial charge in [0.15, 0.2) is 5.82 Å². The normalized spacial score (nSPS) is 12.1. The van der Waals surface area contributed by atoms with E-state index in [1.165, 1.54) is 10.8 Å². The number of rotatable bonds is 3. The quantitative estimate of drug-likeness (QED) is 0.784. The molecule has 0 fully saturated rings. The summed E-state index contributed by atoms with van der Waals surface area (Å²) in [5, 5.41) is 13.4. The molecule has 7 nitrogen and oxygen atoms in total. The Morgan fingerprint density at radius 3 is 2.75 bits per heavy atom. The van der Waals surface area contributed by atoms with Crippen molar-refractivity contribution >= 4 is 21.0 Å². The van der Waals surface area contributed by atoms with E-state index in [0.29, 0.717) is 23.5 Å². The van der Waals surface area contributed by atoms with Gasteiger partial charge in [-0.25, -0.2) is 13.6 Å². The van der Waals surface area contributed by atoms with Gasteiger partial charge in [0.2, 0.25) is 0 Å². The zero-order valence-corrected chi connectivity index (χ0v) is 11.5. The van der Waals surface area contributed by atoms with Crippen molar-refractivity contribution < 1.29 is 12.8 Å². The summed E-state index contributed by atoms with van der Waals surface area (Å²) in [6, 6.07) is 7.43. The maximum Gasteiger partial charge on any atom is 0.273 e. The van der Waals surface area contributed by atoms with E-state index < -0.39 is 10.0 Å². The molecule has 0 aliphatic carbocycles. The van der Waals surface area contributed by atoms with E-state index in [0.717, 1.165) is 5.39 Å². The number of sulfonamides is 1. The molecule has 0 unspecified atom stereocenters. The molecule has 20 heavy (non-hydrogen) atoms. The molecule has 0 amide bonds. The Morgan fingerprint density at radius 1 is 1.30 bits per heavy atom. The average molecular weight is 292 g/mol. The smallest absolute Gasteiger partial charge is 0.273 e. The molecule has 104 valence electrons. The zero-order valence-electron chi connectivity index (χ0n) is 10.6. The first-order valence-electron chi connectivity index (χ1n) is 5.95. The predicted octanol–water partition coefficient (Wildman–Crippen LogP) is 1.36. The van der Waals surface area contributed by atoms with Gasteiger partial charge in [-0.2, -0.15) is 0 Å². The van der Waals surface area contributed by atoms with Gasteiger partial charge in [-0.3, -0.25) is 4.57 Å². The summed E-state index contributed by atoms with van der Waals surface area (Å²) in [7, 11) is -3.91. The van der Waals surface area contributed by atoms with E-state index in [2.05, 4.69) is 10.2 Å². The third-order valence-electron chi connectivity index (χ3n) is 3.01. The topological polar surface area (TPSA) is 104 Å². The van der Waals surface area contributed by atoms with Gasteiger partial charge in [0.05, 0.1) is 5.56 Å². The standard InChI is InChI=1S/C12H12N4O3S/c1-2-16-11(14-15-12(16)20(13,17)18)9-7-19-10-6-4-3-5-8(9)10/h3-7H,2H2,1H3,(H2,13,17,18). The molecular weight excluding hydrogens is 280 g/mol. The fraction of sp³-hybridized carbons (Fsp3) is 0.167. The number of nitrogens with zero attached hydrogens (tertiary/aromatic N) is 3. The largest absolute Gasteiger partial charge is 0.464 e. The minimum Gasteiger partial charge on any atom is -0.464 e. The van der Waals surface area contributed by atoms with Crippen molar-refractivity contribution in [3.05, 3.63) is 30.5 Å². The molecule has 0 spiro atoms. The number of hydrogen-bond donors (Lipinski definition) is 1. The molecule has 3 aromatic rings. The minimum absolute atomic E-state index is 0.250. The molecule has 1 aromatic carbocycles. The average Bonchev–Trinajstić information content (AvgIpc) is 3.00. The van der Waals surface area contributed by atoms with Gasteiger partial charge in [0.1, 0.15) is 11.8 Å². The van der Waals surface area contributed by atoms with Crippen LogP contribution in [0.2, 0.25) is 0 Å². The summed E-state index contributed by atoms with van der Waals surface area (Å²) in [4.78, 5) is 0. The van der Waals surface area contributed by atoms with Crippen LogP contribution >= 0.6 is 0 Å². The van der Waals surface area contributed by atoms with Gasteiger partial charge < -0.3 is 4.42 Å². The number of nitrogens with two attached hydrogens (primary N) is 1. The van der Waals surface area contributed by atoms with Crippen LogP contribution < -0.4 is 5.14 Å². The van der Waals surface area contributed by atoms with Gasteiger partial charge in [-0.1, -0.05) is 18.2 Å². The lowest BCUT2D eigenvalue weighted by atomic mass is 10.1. The Bertz CT molecular complexity index is 879. The maximum atomic E-state index is 11.5. The third kappa shape index (κ3) is 1.89. The SMILES string of the molecule is CCn1c(-c2coc3ccccc23)nnc1S(N)(=O)=O. The summed E-state index contributed by atoms with van der Waals surface area (Å²) in [5.41, 5.74) is 1.38. The Hall–Kier alpha value is -2.19. The van der Waals surface area contributed by atoms with Gasteiger partial charge in [-0.15, -0.1) is 10.2 Å². The predicted molar refractivity (Wildman–Crippen MR) is 72.3 cm³/mol. The van der Waals surface area contributed by atoms with E-state index >= 15 is 0 Å². The monoisotopic (exact) mass is 292 g/mol. The van der Waals surface area contributed by atoms with Crippen LogP contribution in [0.5, 0.6) is 0 Å².